The van der Waals surface area contributed by atoms with Crippen molar-refractivity contribution in [3.05, 3.63) is 29.5 Å². The number of carbonyl (C=O) groups is 1. The Balaban J connectivity index is 1.58. The van der Waals surface area contributed by atoms with Crippen molar-refractivity contribution in [2.45, 2.75) is 6.42 Å². The number of nitrogens with zero attached hydrogens (tertiary/aromatic N) is 4. The second kappa shape index (κ2) is 6.59. The molecule has 0 atom stereocenters. The van der Waals surface area contributed by atoms with Crippen LogP contribution in [0.3, 0.4) is 0 Å². The molecule has 110 valence electrons. The molecule has 8 heteroatoms. The Morgan fingerprint density at radius 3 is 2.86 bits per heavy atom. The average Bonchev–Trinajstić information content (AvgIpc) is 2.96. The van der Waals surface area contributed by atoms with Crippen molar-refractivity contribution in [1.29, 1.82) is 0 Å². The number of hydrogen-bond acceptors (Lipinski definition) is 7. The van der Waals surface area contributed by atoms with E-state index in [4.69, 9.17) is 4.74 Å². The molecule has 1 saturated heterocycles. The van der Waals surface area contributed by atoms with Crippen molar-refractivity contribution in [2.24, 2.45) is 0 Å². The molecule has 1 aliphatic heterocycles. The van der Waals surface area contributed by atoms with Gasteiger partial charge >= 0.3 is 0 Å². The maximum atomic E-state index is 12.1. The number of anilines is 2. The van der Waals surface area contributed by atoms with Crippen molar-refractivity contribution in [3.8, 4) is 0 Å². The molecular weight excluding hydrogens is 290 g/mol. The summed E-state index contributed by atoms with van der Waals surface area (Å²) in [5, 5.41) is 5.58. The molecule has 3 rings (SSSR count). The van der Waals surface area contributed by atoms with Gasteiger partial charge in [-0.1, -0.05) is 0 Å². The molecular formula is C13H15N5O2S. The number of ether oxygens (including phenoxy) is 1. The summed E-state index contributed by atoms with van der Waals surface area (Å²) in [6.07, 6.45) is 3.63. The Kier molecular flexibility index (Phi) is 4.37. The Bertz CT molecular complexity index is 598. The lowest BCUT2D eigenvalue weighted by Crippen LogP contribution is -2.41. The van der Waals surface area contributed by atoms with Gasteiger partial charge < -0.3 is 15.0 Å². The van der Waals surface area contributed by atoms with Crippen LogP contribution in [0.25, 0.3) is 0 Å². The summed E-state index contributed by atoms with van der Waals surface area (Å²) in [7, 11) is 0. The number of thiazole rings is 1. The lowest BCUT2D eigenvalue weighted by molar-refractivity contribution is -0.134. The third kappa shape index (κ3) is 3.73. The fourth-order valence-electron chi connectivity index (χ4n) is 1.98. The highest BCUT2D eigenvalue weighted by Crippen LogP contribution is 2.19. The van der Waals surface area contributed by atoms with Crippen molar-refractivity contribution in [3.63, 3.8) is 0 Å². The smallest absolute Gasteiger partial charge is 0.228 e. The lowest BCUT2D eigenvalue weighted by atomic mass is 10.3. The summed E-state index contributed by atoms with van der Waals surface area (Å²) in [6.45, 7) is 2.54. The van der Waals surface area contributed by atoms with Gasteiger partial charge in [0, 0.05) is 30.9 Å². The quantitative estimate of drug-likeness (QED) is 0.910. The Labute approximate surface area is 126 Å². The molecule has 0 aromatic carbocycles. The predicted molar refractivity (Wildman–Crippen MR) is 78.5 cm³/mol. The number of nitrogens with one attached hydrogen (secondary N) is 1. The number of carbonyl (C=O) groups excluding carboxylic acids is 1. The van der Waals surface area contributed by atoms with E-state index in [0.29, 0.717) is 43.8 Å². The first kappa shape index (κ1) is 13.9. The first-order valence-electron chi connectivity index (χ1n) is 6.65. The zero-order valence-corrected chi connectivity index (χ0v) is 12.2. The van der Waals surface area contributed by atoms with E-state index in [9.17, 15) is 4.79 Å². The molecule has 1 N–H and O–H groups in total. The van der Waals surface area contributed by atoms with Crippen LogP contribution in [0, 0.1) is 0 Å². The molecule has 1 amide bonds. The molecule has 21 heavy (non-hydrogen) atoms. The second-order valence-electron chi connectivity index (χ2n) is 4.51. The van der Waals surface area contributed by atoms with E-state index in [-0.39, 0.29) is 5.91 Å². The molecule has 0 spiro atoms. The zero-order chi connectivity index (χ0) is 14.5. The van der Waals surface area contributed by atoms with Gasteiger partial charge in [-0.15, -0.1) is 11.3 Å². The van der Waals surface area contributed by atoms with E-state index in [1.54, 1.807) is 18.5 Å². The second-order valence-corrected chi connectivity index (χ2v) is 5.37. The van der Waals surface area contributed by atoms with E-state index in [2.05, 4.69) is 20.3 Å². The fraction of sp³-hybridized carbons (Fsp3) is 0.385. The first-order valence-corrected chi connectivity index (χ1v) is 7.53. The summed E-state index contributed by atoms with van der Waals surface area (Å²) in [6, 6.07) is 1.75. The molecule has 7 nitrogen and oxygen atoms in total. The minimum absolute atomic E-state index is 0.0890. The van der Waals surface area contributed by atoms with E-state index < -0.39 is 0 Å². The Morgan fingerprint density at radius 1 is 1.33 bits per heavy atom. The summed E-state index contributed by atoms with van der Waals surface area (Å²) >= 11 is 1.44. The molecule has 0 bridgehead atoms. The van der Waals surface area contributed by atoms with Crippen molar-refractivity contribution >= 4 is 28.3 Å². The summed E-state index contributed by atoms with van der Waals surface area (Å²) in [4.78, 5) is 26.5. The van der Waals surface area contributed by atoms with E-state index in [1.807, 2.05) is 10.3 Å². The van der Waals surface area contributed by atoms with Gasteiger partial charge in [-0.2, -0.15) is 0 Å². The van der Waals surface area contributed by atoms with Crippen LogP contribution in [0.5, 0.6) is 0 Å². The van der Waals surface area contributed by atoms with Crippen LogP contribution in [0.2, 0.25) is 0 Å². The SMILES string of the molecule is O=C(Cc1csc(Nc2ncccn2)n1)N1CCOCC1. The summed E-state index contributed by atoms with van der Waals surface area (Å²) in [5.74, 6) is 0.587. The molecule has 3 heterocycles. The molecule has 1 aliphatic rings. The monoisotopic (exact) mass is 305 g/mol. The van der Waals surface area contributed by atoms with Crippen LogP contribution in [0.4, 0.5) is 11.1 Å². The molecule has 2 aromatic heterocycles. The molecule has 2 aromatic rings. The molecule has 0 radical (unpaired) electrons. The van der Waals surface area contributed by atoms with Crippen LogP contribution in [-0.4, -0.2) is 52.1 Å². The van der Waals surface area contributed by atoms with Gasteiger partial charge in [-0.25, -0.2) is 15.0 Å². The standard InChI is InChI=1S/C13H15N5O2S/c19-11(18-4-6-20-7-5-18)8-10-9-21-13(16-10)17-12-14-2-1-3-15-12/h1-3,9H,4-8H2,(H,14,15,16,17). The molecule has 0 saturated carbocycles. The summed E-state index contributed by atoms with van der Waals surface area (Å²) < 4.78 is 5.24. The maximum Gasteiger partial charge on any atom is 0.228 e. The Morgan fingerprint density at radius 2 is 2.10 bits per heavy atom. The highest BCUT2D eigenvalue weighted by atomic mass is 32.1. The van der Waals surface area contributed by atoms with Crippen LogP contribution >= 0.6 is 11.3 Å². The zero-order valence-electron chi connectivity index (χ0n) is 11.4. The lowest BCUT2D eigenvalue weighted by Gasteiger charge is -2.26. The maximum absolute atomic E-state index is 12.1. The van der Waals surface area contributed by atoms with E-state index in [1.165, 1.54) is 11.3 Å². The number of hydrogen-bond donors (Lipinski definition) is 1. The van der Waals surface area contributed by atoms with Crippen molar-refractivity contribution in [2.75, 3.05) is 31.6 Å². The van der Waals surface area contributed by atoms with Crippen molar-refractivity contribution < 1.29 is 9.53 Å². The van der Waals surface area contributed by atoms with Gasteiger partial charge in [-0.3, -0.25) is 4.79 Å². The highest BCUT2D eigenvalue weighted by Gasteiger charge is 2.18. The van der Waals surface area contributed by atoms with Gasteiger partial charge in [0.2, 0.25) is 11.9 Å². The minimum Gasteiger partial charge on any atom is -0.378 e. The number of aromatic nitrogens is 3. The van der Waals surface area contributed by atoms with Crippen LogP contribution in [0.1, 0.15) is 5.69 Å². The van der Waals surface area contributed by atoms with Crippen LogP contribution < -0.4 is 5.32 Å². The van der Waals surface area contributed by atoms with Crippen molar-refractivity contribution in [1.82, 2.24) is 19.9 Å². The van der Waals surface area contributed by atoms with Crippen LogP contribution in [-0.2, 0) is 16.0 Å². The minimum atomic E-state index is 0.0890. The van der Waals surface area contributed by atoms with Gasteiger partial charge in [-0.05, 0) is 6.07 Å². The first-order chi connectivity index (χ1) is 10.3. The van der Waals surface area contributed by atoms with Gasteiger partial charge in [0.25, 0.3) is 0 Å². The van der Waals surface area contributed by atoms with Gasteiger partial charge in [0.15, 0.2) is 5.13 Å². The van der Waals surface area contributed by atoms with E-state index >= 15 is 0 Å². The number of rotatable bonds is 4. The third-order valence-corrected chi connectivity index (χ3v) is 3.84. The fourth-order valence-corrected chi connectivity index (χ4v) is 2.69. The number of morpholine rings is 1. The van der Waals surface area contributed by atoms with E-state index in [0.717, 1.165) is 5.69 Å². The third-order valence-electron chi connectivity index (χ3n) is 3.03. The molecule has 0 aliphatic carbocycles. The predicted octanol–water partition coefficient (Wildman–Crippen LogP) is 1.08. The summed E-state index contributed by atoms with van der Waals surface area (Å²) in [5.41, 5.74) is 0.759. The topological polar surface area (TPSA) is 80.2 Å². The normalized spacial score (nSPS) is 15.0. The largest absolute Gasteiger partial charge is 0.378 e. The van der Waals surface area contributed by atoms with Gasteiger partial charge in [0.05, 0.1) is 25.3 Å². The average molecular weight is 305 g/mol. The highest BCUT2D eigenvalue weighted by molar-refractivity contribution is 7.13. The molecule has 1 fully saturated rings. The van der Waals surface area contributed by atoms with Crippen LogP contribution in [0.15, 0.2) is 23.8 Å². The molecule has 0 unspecified atom stereocenters. The Hall–Kier alpha value is -2.06. The van der Waals surface area contributed by atoms with Gasteiger partial charge in [0.1, 0.15) is 0 Å². The number of amides is 1.